The number of rotatable bonds is 8. The van der Waals surface area contributed by atoms with Gasteiger partial charge in [0.05, 0.1) is 25.6 Å². The van der Waals surface area contributed by atoms with Gasteiger partial charge in [-0.3, -0.25) is 9.59 Å². The first-order chi connectivity index (χ1) is 8.06. The molecule has 2 unspecified atom stereocenters. The maximum atomic E-state index is 11.8. The first kappa shape index (κ1) is 15.9. The van der Waals surface area contributed by atoms with Crippen LogP contribution in [0, 0.1) is 11.8 Å². The van der Waals surface area contributed by atoms with Gasteiger partial charge in [-0.1, -0.05) is 26.7 Å². The zero-order chi connectivity index (χ0) is 13.3. The summed E-state index contributed by atoms with van der Waals surface area (Å²) in [7, 11) is 0. The fourth-order valence-corrected chi connectivity index (χ4v) is 1.82. The van der Waals surface area contributed by atoms with Crippen molar-refractivity contribution in [3.8, 4) is 0 Å². The first-order valence-corrected chi connectivity index (χ1v) is 6.38. The molecule has 100 valence electrons. The van der Waals surface area contributed by atoms with Crippen molar-refractivity contribution in [2.45, 2.75) is 47.0 Å². The highest BCUT2D eigenvalue weighted by Gasteiger charge is 2.28. The van der Waals surface area contributed by atoms with E-state index in [0.29, 0.717) is 13.2 Å². The van der Waals surface area contributed by atoms with Gasteiger partial charge in [-0.15, -0.1) is 0 Å². The van der Waals surface area contributed by atoms with Gasteiger partial charge in [0.1, 0.15) is 0 Å². The number of carbonyl (C=O) groups is 2. The van der Waals surface area contributed by atoms with Crippen molar-refractivity contribution in [2.24, 2.45) is 11.8 Å². The van der Waals surface area contributed by atoms with Gasteiger partial charge in [0.2, 0.25) is 0 Å². The molecule has 0 rings (SSSR count). The van der Waals surface area contributed by atoms with Crippen molar-refractivity contribution >= 4 is 11.9 Å². The second-order valence-electron chi connectivity index (χ2n) is 4.13. The number of ether oxygens (including phenoxy) is 2. The Kier molecular flexibility index (Phi) is 8.46. The van der Waals surface area contributed by atoms with Crippen molar-refractivity contribution in [3.63, 3.8) is 0 Å². The SMILES string of the molecule is CCCC(C)C(CC(=O)OCC)C(=O)OCC. The fraction of sp³-hybridized carbons (Fsp3) is 0.846. The molecule has 17 heavy (non-hydrogen) atoms. The quantitative estimate of drug-likeness (QED) is 0.616. The number of esters is 2. The highest BCUT2D eigenvalue weighted by atomic mass is 16.5. The minimum absolute atomic E-state index is 0.119. The summed E-state index contributed by atoms with van der Waals surface area (Å²) in [6.07, 6.45) is 2.01. The molecule has 0 amide bonds. The van der Waals surface area contributed by atoms with E-state index in [0.717, 1.165) is 12.8 Å². The van der Waals surface area contributed by atoms with Gasteiger partial charge in [0.15, 0.2) is 0 Å². The molecule has 0 aromatic rings. The van der Waals surface area contributed by atoms with Gasteiger partial charge in [0, 0.05) is 0 Å². The van der Waals surface area contributed by atoms with Crippen LogP contribution >= 0.6 is 0 Å². The molecule has 2 atom stereocenters. The third kappa shape index (κ3) is 6.29. The predicted molar refractivity (Wildman–Crippen MR) is 65.4 cm³/mol. The van der Waals surface area contributed by atoms with Crippen LogP contribution in [0.5, 0.6) is 0 Å². The Hall–Kier alpha value is -1.06. The summed E-state index contributed by atoms with van der Waals surface area (Å²) in [5.41, 5.74) is 0. The summed E-state index contributed by atoms with van der Waals surface area (Å²) in [4.78, 5) is 23.2. The van der Waals surface area contributed by atoms with E-state index < -0.39 is 0 Å². The lowest BCUT2D eigenvalue weighted by atomic mass is 9.87. The van der Waals surface area contributed by atoms with Crippen LogP contribution in [0.25, 0.3) is 0 Å². The van der Waals surface area contributed by atoms with E-state index in [4.69, 9.17) is 9.47 Å². The molecule has 0 saturated carbocycles. The van der Waals surface area contributed by atoms with E-state index in [1.807, 2.05) is 6.92 Å². The molecule has 0 N–H and O–H groups in total. The van der Waals surface area contributed by atoms with Crippen molar-refractivity contribution < 1.29 is 19.1 Å². The van der Waals surface area contributed by atoms with Crippen molar-refractivity contribution in [1.29, 1.82) is 0 Å². The van der Waals surface area contributed by atoms with Gasteiger partial charge >= 0.3 is 11.9 Å². The molecule has 0 saturated heterocycles. The summed E-state index contributed by atoms with van der Waals surface area (Å²) in [5.74, 6) is -0.854. The zero-order valence-electron chi connectivity index (χ0n) is 11.3. The predicted octanol–water partition coefficient (Wildman–Crippen LogP) is 2.56. The first-order valence-electron chi connectivity index (χ1n) is 6.38. The molecule has 4 nitrogen and oxygen atoms in total. The summed E-state index contributed by atoms with van der Waals surface area (Å²) >= 11 is 0. The fourth-order valence-electron chi connectivity index (χ4n) is 1.82. The van der Waals surface area contributed by atoms with Gasteiger partial charge in [0.25, 0.3) is 0 Å². The molecule has 4 heteroatoms. The highest BCUT2D eigenvalue weighted by Crippen LogP contribution is 2.22. The monoisotopic (exact) mass is 244 g/mol. The summed E-state index contributed by atoms with van der Waals surface area (Å²) in [6, 6.07) is 0. The van der Waals surface area contributed by atoms with E-state index in [9.17, 15) is 9.59 Å². The Morgan fingerprint density at radius 1 is 1.06 bits per heavy atom. The molecular formula is C13H24O4. The van der Waals surface area contributed by atoms with Crippen LogP contribution in [0.1, 0.15) is 47.0 Å². The second-order valence-corrected chi connectivity index (χ2v) is 4.13. The third-order valence-corrected chi connectivity index (χ3v) is 2.71. The molecule has 0 aliphatic rings. The van der Waals surface area contributed by atoms with Crippen LogP contribution in [-0.4, -0.2) is 25.2 Å². The molecule has 0 spiro atoms. The van der Waals surface area contributed by atoms with Crippen LogP contribution in [0.3, 0.4) is 0 Å². The smallest absolute Gasteiger partial charge is 0.309 e. The van der Waals surface area contributed by atoms with E-state index in [1.54, 1.807) is 13.8 Å². The summed E-state index contributed by atoms with van der Waals surface area (Å²) in [6.45, 7) is 8.25. The molecule has 0 fully saturated rings. The van der Waals surface area contributed by atoms with E-state index in [1.165, 1.54) is 0 Å². The average Bonchev–Trinajstić information content (AvgIpc) is 2.26. The van der Waals surface area contributed by atoms with Gasteiger partial charge < -0.3 is 9.47 Å². The minimum atomic E-state index is -0.381. The Morgan fingerprint density at radius 3 is 2.12 bits per heavy atom. The van der Waals surface area contributed by atoms with Crippen LogP contribution < -0.4 is 0 Å². The largest absolute Gasteiger partial charge is 0.466 e. The highest BCUT2D eigenvalue weighted by molar-refractivity contribution is 5.80. The number of hydrogen-bond donors (Lipinski definition) is 0. The lowest BCUT2D eigenvalue weighted by molar-refractivity contribution is -0.156. The summed E-state index contributed by atoms with van der Waals surface area (Å²) in [5, 5.41) is 0. The van der Waals surface area contributed by atoms with Crippen LogP contribution in [-0.2, 0) is 19.1 Å². The van der Waals surface area contributed by atoms with E-state index in [-0.39, 0.29) is 30.2 Å². The summed E-state index contributed by atoms with van der Waals surface area (Å²) < 4.78 is 9.89. The number of hydrogen-bond acceptors (Lipinski definition) is 4. The lowest BCUT2D eigenvalue weighted by Gasteiger charge is -2.21. The normalized spacial score (nSPS) is 13.9. The van der Waals surface area contributed by atoms with Crippen LogP contribution in [0.4, 0.5) is 0 Å². The second kappa shape index (κ2) is 9.02. The topological polar surface area (TPSA) is 52.6 Å². The van der Waals surface area contributed by atoms with Crippen molar-refractivity contribution in [1.82, 2.24) is 0 Å². The van der Waals surface area contributed by atoms with Crippen molar-refractivity contribution in [2.75, 3.05) is 13.2 Å². The lowest BCUT2D eigenvalue weighted by Crippen LogP contribution is -2.27. The van der Waals surface area contributed by atoms with Crippen LogP contribution in [0.15, 0.2) is 0 Å². The molecule has 0 aliphatic heterocycles. The molecule has 0 aliphatic carbocycles. The molecule has 0 radical (unpaired) electrons. The average molecular weight is 244 g/mol. The Morgan fingerprint density at radius 2 is 1.65 bits per heavy atom. The Labute approximate surface area is 104 Å². The molecule has 0 aromatic carbocycles. The van der Waals surface area contributed by atoms with E-state index >= 15 is 0 Å². The molecule has 0 bridgehead atoms. The maximum absolute atomic E-state index is 11.8. The Balaban J connectivity index is 4.49. The minimum Gasteiger partial charge on any atom is -0.466 e. The maximum Gasteiger partial charge on any atom is 0.309 e. The van der Waals surface area contributed by atoms with Crippen LogP contribution in [0.2, 0.25) is 0 Å². The molecular weight excluding hydrogens is 220 g/mol. The third-order valence-electron chi connectivity index (χ3n) is 2.71. The van der Waals surface area contributed by atoms with Gasteiger partial charge in [-0.05, 0) is 19.8 Å². The van der Waals surface area contributed by atoms with Crippen molar-refractivity contribution in [3.05, 3.63) is 0 Å². The zero-order valence-corrected chi connectivity index (χ0v) is 11.3. The number of carbonyl (C=O) groups excluding carboxylic acids is 2. The van der Waals surface area contributed by atoms with Gasteiger partial charge in [-0.25, -0.2) is 0 Å². The van der Waals surface area contributed by atoms with E-state index in [2.05, 4.69) is 6.92 Å². The standard InChI is InChI=1S/C13H24O4/c1-5-8-10(4)11(13(15)17-7-3)9-12(14)16-6-2/h10-11H,5-9H2,1-4H3. The molecule has 0 aromatic heterocycles. The Bertz CT molecular complexity index is 238. The van der Waals surface area contributed by atoms with Gasteiger partial charge in [-0.2, -0.15) is 0 Å². The molecule has 0 heterocycles.